The summed E-state index contributed by atoms with van der Waals surface area (Å²) in [6, 6.07) is 0. The molecule has 0 aromatic rings. The first-order valence-electron chi connectivity index (χ1n) is 5.00. The van der Waals surface area contributed by atoms with Gasteiger partial charge in [-0.05, 0) is 38.2 Å². The highest BCUT2D eigenvalue weighted by Gasteiger charge is 1.79. The van der Waals surface area contributed by atoms with E-state index in [0.717, 1.165) is 32.1 Å². The highest BCUT2D eigenvalue weighted by Crippen LogP contribution is 1.99. The summed E-state index contributed by atoms with van der Waals surface area (Å²) in [7, 11) is 0. The van der Waals surface area contributed by atoms with Gasteiger partial charge in [0.05, 0.1) is 0 Å². The van der Waals surface area contributed by atoms with Crippen LogP contribution in [0.25, 0.3) is 0 Å². The molecule has 69 valence electrons. The number of allylic oxidation sites excluding steroid dienone is 8. The molecule has 0 spiro atoms. The molecule has 0 heteroatoms. The maximum Gasteiger partial charge on any atom is -0.00978 e. The van der Waals surface area contributed by atoms with Gasteiger partial charge in [0.15, 0.2) is 0 Å². The SMILES string of the molecule is [C]1=CCCC=CCC=CCC=CC1. The average Bonchev–Trinajstić information content (AvgIpc) is 2.18. The molecule has 0 heterocycles. The lowest BCUT2D eigenvalue weighted by Gasteiger charge is -1.85. The topological polar surface area (TPSA) is 0 Å². The van der Waals surface area contributed by atoms with Gasteiger partial charge in [-0.15, -0.1) is 0 Å². The van der Waals surface area contributed by atoms with Crippen LogP contribution in [0.5, 0.6) is 0 Å². The fourth-order valence-corrected chi connectivity index (χ4v) is 1.18. The van der Waals surface area contributed by atoms with Crippen LogP contribution in [-0.4, -0.2) is 0 Å². The van der Waals surface area contributed by atoms with E-state index in [4.69, 9.17) is 0 Å². The second kappa shape index (κ2) is 7.60. The predicted octanol–water partition coefficient (Wildman–Crippen LogP) is 3.98. The molecular formula is C13H17. The van der Waals surface area contributed by atoms with Gasteiger partial charge in [0.1, 0.15) is 0 Å². The summed E-state index contributed by atoms with van der Waals surface area (Å²) in [5, 5.41) is 0. The quantitative estimate of drug-likeness (QED) is 0.486. The lowest BCUT2D eigenvalue weighted by Crippen LogP contribution is -1.65. The molecule has 0 saturated heterocycles. The summed E-state index contributed by atoms with van der Waals surface area (Å²) in [5.74, 6) is 0. The van der Waals surface area contributed by atoms with Crippen molar-refractivity contribution in [3.8, 4) is 0 Å². The van der Waals surface area contributed by atoms with E-state index in [1.165, 1.54) is 0 Å². The minimum absolute atomic E-state index is 0.956. The summed E-state index contributed by atoms with van der Waals surface area (Å²) in [5.41, 5.74) is 0. The van der Waals surface area contributed by atoms with E-state index < -0.39 is 0 Å². The maximum absolute atomic E-state index is 3.25. The van der Waals surface area contributed by atoms with Crippen LogP contribution in [0.1, 0.15) is 32.1 Å². The zero-order chi connectivity index (χ0) is 9.19. The Labute approximate surface area is 81.4 Å². The molecule has 0 aromatic heterocycles. The molecular weight excluding hydrogens is 156 g/mol. The molecule has 0 bridgehead atoms. The molecule has 1 aliphatic carbocycles. The Balaban J connectivity index is 2.38. The second-order valence-corrected chi connectivity index (χ2v) is 3.08. The Bertz CT molecular complexity index is 192. The summed E-state index contributed by atoms with van der Waals surface area (Å²) in [6.07, 6.45) is 24.0. The third-order valence-electron chi connectivity index (χ3n) is 1.90. The standard InChI is InChI=1S/C13H17/c1-2-4-6-8-10-12-13-11-9-7-5-3-1/h1-2,5-8,13H,3-4,9-11H2. The molecule has 0 saturated carbocycles. The van der Waals surface area contributed by atoms with Crippen molar-refractivity contribution in [3.05, 3.63) is 48.6 Å². The molecule has 0 fully saturated rings. The van der Waals surface area contributed by atoms with Gasteiger partial charge in [-0.1, -0.05) is 42.5 Å². The molecule has 0 aromatic carbocycles. The molecule has 13 heavy (non-hydrogen) atoms. The molecule has 0 amide bonds. The summed E-state index contributed by atoms with van der Waals surface area (Å²) in [6.45, 7) is 0. The zero-order valence-corrected chi connectivity index (χ0v) is 8.08. The first kappa shape index (κ1) is 10.0. The van der Waals surface area contributed by atoms with Crippen molar-refractivity contribution in [1.29, 1.82) is 0 Å². The van der Waals surface area contributed by atoms with Crippen LogP contribution in [-0.2, 0) is 0 Å². The molecule has 0 nitrogen and oxygen atoms in total. The van der Waals surface area contributed by atoms with Crippen molar-refractivity contribution in [2.24, 2.45) is 0 Å². The van der Waals surface area contributed by atoms with E-state index in [1.54, 1.807) is 0 Å². The zero-order valence-electron chi connectivity index (χ0n) is 8.08. The van der Waals surface area contributed by atoms with Crippen molar-refractivity contribution >= 4 is 0 Å². The van der Waals surface area contributed by atoms with Gasteiger partial charge in [0.25, 0.3) is 0 Å². The third kappa shape index (κ3) is 6.15. The molecule has 0 unspecified atom stereocenters. The molecule has 1 rings (SSSR count). The monoisotopic (exact) mass is 173 g/mol. The largest absolute Gasteiger partial charge is 0.0879 e. The Morgan fingerprint density at radius 3 is 2.23 bits per heavy atom. The van der Waals surface area contributed by atoms with Crippen LogP contribution in [0, 0.1) is 6.08 Å². The van der Waals surface area contributed by atoms with Crippen molar-refractivity contribution in [2.75, 3.05) is 0 Å². The molecule has 1 radical (unpaired) electrons. The number of rotatable bonds is 0. The van der Waals surface area contributed by atoms with Crippen molar-refractivity contribution in [3.63, 3.8) is 0 Å². The molecule has 0 N–H and O–H groups in total. The number of hydrogen-bond acceptors (Lipinski definition) is 0. The van der Waals surface area contributed by atoms with Gasteiger partial charge in [0.2, 0.25) is 0 Å². The van der Waals surface area contributed by atoms with E-state index in [2.05, 4.69) is 48.6 Å². The normalized spacial score (nSPS) is 19.1. The smallest absolute Gasteiger partial charge is 0.00978 e. The summed E-state index contributed by atoms with van der Waals surface area (Å²) >= 11 is 0. The Morgan fingerprint density at radius 1 is 0.692 bits per heavy atom. The third-order valence-corrected chi connectivity index (χ3v) is 1.90. The van der Waals surface area contributed by atoms with Gasteiger partial charge < -0.3 is 0 Å². The van der Waals surface area contributed by atoms with Gasteiger partial charge >= 0.3 is 0 Å². The second-order valence-electron chi connectivity index (χ2n) is 3.08. The van der Waals surface area contributed by atoms with Crippen molar-refractivity contribution in [2.45, 2.75) is 32.1 Å². The van der Waals surface area contributed by atoms with E-state index in [-0.39, 0.29) is 0 Å². The summed E-state index contributed by atoms with van der Waals surface area (Å²) in [4.78, 5) is 0. The number of hydrogen-bond donors (Lipinski definition) is 0. The highest BCUT2D eigenvalue weighted by atomic mass is 13.9. The van der Waals surface area contributed by atoms with Gasteiger partial charge in [-0.25, -0.2) is 0 Å². The molecule has 0 atom stereocenters. The van der Waals surface area contributed by atoms with Gasteiger partial charge in [-0.3, -0.25) is 0 Å². The Morgan fingerprint density at radius 2 is 1.38 bits per heavy atom. The van der Waals surface area contributed by atoms with E-state index in [1.807, 2.05) is 0 Å². The van der Waals surface area contributed by atoms with Gasteiger partial charge in [-0.2, -0.15) is 0 Å². The van der Waals surface area contributed by atoms with Crippen LogP contribution in [0.2, 0.25) is 0 Å². The molecule has 1 aliphatic rings. The maximum atomic E-state index is 3.25. The van der Waals surface area contributed by atoms with Crippen molar-refractivity contribution in [1.82, 2.24) is 0 Å². The van der Waals surface area contributed by atoms with Crippen LogP contribution < -0.4 is 0 Å². The fraction of sp³-hybridized carbons (Fsp3) is 0.385. The fourth-order valence-electron chi connectivity index (χ4n) is 1.18. The van der Waals surface area contributed by atoms with Gasteiger partial charge in [0, 0.05) is 0 Å². The lowest BCUT2D eigenvalue weighted by atomic mass is 10.2. The predicted molar refractivity (Wildman–Crippen MR) is 58.3 cm³/mol. The van der Waals surface area contributed by atoms with Crippen LogP contribution >= 0.6 is 0 Å². The average molecular weight is 173 g/mol. The van der Waals surface area contributed by atoms with Crippen LogP contribution in [0.15, 0.2) is 42.5 Å². The first-order valence-corrected chi connectivity index (χ1v) is 5.00. The van der Waals surface area contributed by atoms with E-state index >= 15 is 0 Å². The van der Waals surface area contributed by atoms with E-state index in [9.17, 15) is 0 Å². The first-order chi connectivity index (χ1) is 6.50. The van der Waals surface area contributed by atoms with E-state index in [0.29, 0.717) is 0 Å². The Kier molecular flexibility index (Phi) is 5.87. The van der Waals surface area contributed by atoms with Crippen LogP contribution in [0.3, 0.4) is 0 Å². The molecule has 0 aliphatic heterocycles. The van der Waals surface area contributed by atoms with Crippen LogP contribution in [0.4, 0.5) is 0 Å². The summed E-state index contributed by atoms with van der Waals surface area (Å²) < 4.78 is 0. The Hall–Kier alpha value is -1.04. The van der Waals surface area contributed by atoms with Crippen molar-refractivity contribution < 1.29 is 0 Å². The highest BCUT2D eigenvalue weighted by molar-refractivity contribution is 4.99. The minimum atomic E-state index is 0.956. The lowest BCUT2D eigenvalue weighted by molar-refractivity contribution is 1.03. The minimum Gasteiger partial charge on any atom is -0.0879 e.